The number of hydrogen-bond acceptors (Lipinski definition) is 5. The van der Waals surface area contributed by atoms with Crippen molar-refractivity contribution in [2.45, 2.75) is 52.7 Å². The summed E-state index contributed by atoms with van der Waals surface area (Å²) in [6, 6.07) is 0. The maximum Gasteiger partial charge on any atom is 0.329 e. The molecule has 1 N–H and O–H groups in total. The zero-order chi connectivity index (χ0) is 15.8. The highest BCUT2D eigenvalue weighted by molar-refractivity contribution is 6.04. The zero-order valence-electron chi connectivity index (χ0n) is 13.3. The van der Waals surface area contributed by atoms with Gasteiger partial charge in [-0.15, -0.1) is 0 Å². The van der Waals surface area contributed by atoms with Crippen molar-refractivity contribution < 1.29 is 19.1 Å². The number of nitrogens with one attached hydrogen (secondary N) is 1. The molecule has 0 radical (unpaired) electrons. The second-order valence-electron chi connectivity index (χ2n) is 7.12. The summed E-state index contributed by atoms with van der Waals surface area (Å²) in [7, 11) is 0. The summed E-state index contributed by atoms with van der Waals surface area (Å²) in [5.74, 6) is -1.21. The first-order valence-corrected chi connectivity index (χ1v) is 6.74. The highest BCUT2D eigenvalue weighted by atomic mass is 16.6. The fourth-order valence-corrected chi connectivity index (χ4v) is 1.92. The van der Waals surface area contributed by atoms with E-state index in [0.29, 0.717) is 12.1 Å². The van der Waals surface area contributed by atoms with E-state index in [1.165, 1.54) is 0 Å². The number of carbonyl (C=O) groups excluding carboxylic acids is 2. The lowest BCUT2D eigenvalue weighted by atomic mass is 9.83. The molecule has 1 aliphatic heterocycles. The van der Waals surface area contributed by atoms with E-state index in [0.717, 1.165) is 0 Å². The van der Waals surface area contributed by atoms with Gasteiger partial charge in [-0.25, -0.2) is 0 Å². The Bertz CT molecular complexity index is 398. The lowest BCUT2D eigenvalue weighted by Gasteiger charge is -2.32. The smallest absolute Gasteiger partial charge is 0.329 e. The normalized spacial score (nSPS) is 18.8. The Labute approximate surface area is 120 Å². The molecule has 0 aromatic heterocycles. The summed E-state index contributed by atoms with van der Waals surface area (Å²) in [6.07, 6.45) is 0. The first kappa shape index (κ1) is 16.7. The second kappa shape index (κ2) is 5.20. The summed E-state index contributed by atoms with van der Waals surface area (Å²) in [4.78, 5) is 25.0. The van der Waals surface area contributed by atoms with Gasteiger partial charge in [0.15, 0.2) is 5.41 Å². The quantitative estimate of drug-likeness (QED) is 0.476. The lowest BCUT2D eigenvalue weighted by molar-refractivity contribution is -0.180. The molecule has 0 saturated carbocycles. The summed E-state index contributed by atoms with van der Waals surface area (Å²) in [5.41, 5.74) is -2.30. The van der Waals surface area contributed by atoms with Crippen molar-refractivity contribution in [1.29, 1.82) is 0 Å². The predicted molar refractivity (Wildman–Crippen MR) is 76.1 cm³/mol. The van der Waals surface area contributed by atoms with E-state index in [1.807, 2.05) is 0 Å². The van der Waals surface area contributed by atoms with Crippen LogP contribution in [0.5, 0.6) is 0 Å². The van der Waals surface area contributed by atoms with Gasteiger partial charge in [-0.05, 0) is 47.1 Å². The molecular formula is C15H25NO4. The summed E-state index contributed by atoms with van der Waals surface area (Å²) in [5, 5.41) is 3.00. The molecule has 0 spiro atoms. The number of ether oxygens (including phenoxy) is 2. The molecule has 0 aromatic carbocycles. The van der Waals surface area contributed by atoms with Crippen molar-refractivity contribution in [3.63, 3.8) is 0 Å². The molecule has 20 heavy (non-hydrogen) atoms. The molecule has 0 aliphatic carbocycles. The second-order valence-corrected chi connectivity index (χ2v) is 7.12. The van der Waals surface area contributed by atoms with Crippen molar-refractivity contribution in [3.8, 4) is 0 Å². The van der Waals surface area contributed by atoms with E-state index in [4.69, 9.17) is 9.47 Å². The highest BCUT2D eigenvalue weighted by Crippen LogP contribution is 2.35. The van der Waals surface area contributed by atoms with Crippen LogP contribution in [0.25, 0.3) is 0 Å². The van der Waals surface area contributed by atoms with Crippen LogP contribution in [0.4, 0.5) is 0 Å². The van der Waals surface area contributed by atoms with E-state index < -0.39 is 28.6 Å². The molecule has 114 valence electrons. The minimum atomic E-state index is -1.44. The lowest BCUT2D eigenvalue weighted by Crippen LogP contribution is -2.48. The Morgan fingerprint density at radius 3 is 1.70 bits per heavy atom. The Morgan fingerprint density at radius 1 is 1.05 bits per heavy atom. The van der Waals surface area contributed by atoms with Gasteiger partial charge in [-0.1, -0.05) is 6.58 Å². The molecule has 0 atom stereocenters. The third-order valence-electron chi connectivity index (χ3n) is 2.83. The molecule has 1 rings (SSSR count). The number of hydrogen-bond donors (Lipinski definition) is 1. The molecule has 1 aliphatic rings. The predicted octanol–water partition coefficient (Wildman–Crippen LogP) is 1.82. The van der Waals surface area contributed by atoms with Gasteiger partial charge in [-0.3, -0.25) is 9.59 Å². The largest absolute Gasteiger partial charge is 0.459 e. The average molecular weight is 283 g/mol. The topological polar surface area (TPSA) is 64.6 Å². The molecule has 1 saturated heterocycles. The Kier molecular flexibility index (Phi) is 4.34. The third kappa shape index (κ3) is 3.60. The summed E-state index contributed by atoms with van der Waals surface area (Å²) in [6.45, 7) is 15.0. The third-order valence-corrected chi connectivity index (χ3v) is 2.83. The minimum absolute atomic E-state index is 0.162. The molecule has 5 nitrogen and oxygen atoms in total. The van der Waals surface area contributed by atoms with Crippen LogP contribution in [0.3, 0.4) is 0 Å². The van der Waals surface area contributed by atoms with E-state index >= 15 is 0 Å². The van der Waals surface area contributed by atoms with Crippen molar-refractivity contribution >= 4 is 11.9 Å². The molecule has 5 heteroatoms. The van der Waals surface area contributed by atoms with Gasteiger partial charge in [-0.2, -0.15) is 0 Å². The number of rotatable bonds is 2. The van der Waals surface area contributed by atoms with Crippen molar-refractivity contribution in [2.24, 2.45) is 5.41 Å². The Balaban J connectivity index is 3.09. The first-order chi connectivity index (χ1) is 8.88. The fourth-order valence-electron chi connectivity index (χ4n) is 1.92. The first-order valence-electron chi connectivity index (χ1n) is 6.74. The highest BCUT2D eigenvalue weighted by Gasteiger charge is 2.55. The Morgan fingerprint density at radius 2 is 1.45 bits per heavy atom. The van der Waals surface area contributed by atoms with Gasteiger partial charge in [0.1, 0.15) is 11.2 Å². The van der Waals surface area contributed by atoms with Crippen molar-refractivity contribution in [1.82, 2.24) is 5.32 Å². The van der Waals surface area contributed by atoms with E-state index in [1.54, 1.807) is 41.5 Å². The maximum absolute atomic E-state index is 12.5. The van der Waals surface area contributed by atoms with Gasteiger partial charge in [0.25, 0.3) is 0 Å². The van der Waals surface area contributed by atoms with Crippen molar-refractivity contribution in [2.75, 3.05) is 13.1 Å². The SMILES string of the molecule is C=C1CNCC1(C(=O)OC(C)(C)C)C(=O)OC(C)(C)C. The van der Waals surface area contributed by atoms with Gasteiger partial charge in [0, 0.05) is 13.1 Å². The van der Waals surface area contributed by atoms with E-state index in [9.17, 15) is 9.59 Å². The van der Waals surface area contributed by atoms with Crippen LogP contribution in [-0.2, 0) is 19.1 Å². The Hall–Kier alpha value is -1.36. The summed E-state index contributed by atoms with van der Waals surface area (Å²) < 4.78 is 10.8. The van der Waals surface area contributed by atoms with Gasteiger partial charge in [0.2, 0.25) is 0 Å². The van der Waals surface area contributed by atoms with Crippen LogP contribution in [0.15, 0.2) is 12.2 Å². The van der Waals surface area contributed by atoms with Crippen LogP contribution < -0.4 is 5.32 Å². The zero-order valence-corrected chi connectivity index (χ0v) is 13.3. The van der Waals surface area contributed by atoms with Gasteiger partial charge < -0.3 is 14.8 Å². The number of carbonyl (C=O) groups is 2. The van der Waals surface area contributed by atoms with Crippen molar-refractivity contribution in [3.05, 3.63) is 12.2 Å². The van der Waals surface area contributed by atoms with Gasteiger partial charge in [0.05, 0.1) is 0 Å². The summed E-state index contributed by atoms with van der Waals surface area (Å²) >= 11 is 0. The molecule has 0 bridgehead atoms. The van der Waals surface area contributed by atoms with Crippen LogP contribution in [-0.4, -0.2) is 36.2 Å². The molecule has 1 heterocycles. The molecule has 0 aromatic rings. The molecular weight excluding hydrogens is 258 g/mol. The molecule has 1 fully saturated rings. The average Bonchev–Trinajstić information content (AvgIpc) is 2.55. The van der Waals surface area contributed by atoms with Crippen LogP contribution in [0.1, 0.15) is 41.5 Å². The van der Waals surface area contributed by atoms with E-state index in [-0.39, 0.29) is 6.54 Å². The maximum atomic E-state index is 12.5. The van der Waals surface area contributed by atoms with E-state index in [2.05, 4.69) is 11.9 Å². The van der Waals surface area contributed by atoms with Crippen LogP contribution in [0, 0.1) is 5.41 Å². The standard InChI is InChI=1S/C15H25NO4/c1-10-8-16-9-15(10,11(17)19-13(2,3)4)12(18)20-14(5,6)7/h16H,1,8-9H2,2-7H3. The van der Waals surface area contributed by atoms with Gasteiger partial charge >= 0.3 is 11.9 Å². The van der Waals surface area contributed by atoms with Crippen LogP contribution >= 0.6 is 0 Å². The minimum Gasteiger partial charge on any atom is -0.459 e. The van der Waals surface area contributed by atoms with Crippen LogP contribution in [0.2, 0.25) is 0 Å². The molecule has 0 unspecified atom stereocenters. The number of esters is 2. The fraction of sp³-hybridized carbons (Fsp3) is 0.733. The molecule has 0 amide bonds. The monoisotopic (exact) mass is 283 g/mol.